The smallest absolute Gasteiger partial charge is 0.324 e. The Morgan fingerprint density at radius 2 is 1.91 bits per heavy atom. The first-order chi connectivity index (χ1) is 11.0. The van der Waals surface area contributed by atoms with Crippen molar-refractivity contribution >= 4 is 17.2 Å². The van der Waals surface area contributed by atoms with Crippen molar-refractivity contribution in [2.75, 3.05) is 5.32 Å². The van der Waals surface area contributed by atoms with Crippen LogP contribution in [0.2, 0.25) is 0 Å². The molecule has 2 aromatic heterocycles. The van der Waals surface area contributed by atoms with E-state index in [1.54, 1.807) is 24.4 Å². The normalized spacial score (nSPS) is 11.1. The van der Waals surface area contributed by atoms with Crippen molar-refractivity contribution in [3.05, 3.63) is 64.7 Å². The molecule has 1 aromatic carbocycles. The van der Waals surface area contributed by atoms with Gasteiger partial charge in [0.05, 0.1) is 0 Å². The Bertz CT molecular complexity index is 891. The summed E-state index contributed by atoms with van der Waals surface area (Å²) in [6, 6.07) is 13.0. The Morgan fingerprint density at radius 3 is 2.57 bits per heavy atom. The van der Waals surface area contributed by atoms with Crippen LogP contribution in [-0.2, 0) is 11.3 Å². The van der Waals surface area contributed by atoms with Crippen LogP contribution in [0.4, 0.5) is 5.69 Å². The van der Waals surface area contributed by atoms with E-state index in [4.69, 9.17) is 0 Å². The van der Waals surface area contributed by atoms with Gasteiger partial charge in [0.2, 0.25) is 5.91 Å². The second kappa shape index (κ2) is 6.08. The van der Waals surface area contributed by atoms with Crippen LogP contribution in [-0.4, -0.2) is 20.1 Å². The maximum Gasteiger partial charge on any atom is 0.350 e. The second-order valence-electron chi connectivity index (χ2n) is 5.69. The molecule has 0 radical (unpaired) electrons. The van der Waals surface area contributed by atoms with Gasteiger partial charge in [-0.05, 0) is 35.7 Å². The molecule has 118 valence electrons. The van der Waals surface area contributed by atoms with Crippen molar-refractivity contribution < 1.29 is 4.79 Å². The number of nitrogens with zero attached hydrogens (tertiary/aromatic N) is 3. The van der Waals surface area contributed by atoms with Gasteiger partial charge in [-0.3, -0.25) is 9.20 Å². The molecule has 1 amide bonds. The van der Waals surface area contributed by atoms with Crippen molar-refractivity contribution in [1.29, 1.82) is 0 Å². The van der Waals surface area contributed by atoms with Crippen LogP contribution in [0.15, 0.2) is 53.5 Å². The summed E-state index contributed by atoms with van der Waals surface area (Å²) in [6.07, 6.45) is 1.63. The van der Waals surface area contributed by atoms with Crippen molar-refractivity contribution in [1.82, 2.24) is 14.2 Å². The van der Waals surface area contributed by atoms with E-state index in [0.717, 1.165) is 4.68 Å². The topological polar surface area (TPSA) is 68.4 Å². The Balaban J connectivity index is 1.73. The Labute approximate surface area is 133 Å². The number of fused-ring (bicyclic) bond motifs is 1. The van der Waals surface area contributed by atoms with Gasteiger partial charge in [-0.2, -0.15) is 0 Å². The molecule has 0 bridgehead atoms. The zero-order valence-electron chi connectivity index (χ0n) is 13.1. The number of rotatable bonds is 4. The van der Waals surface area contributed by atoms with Crippen LogP contribution in [0.1, 0.15) is 25.3 Å². The molecule has 3 aromatic rings. The highest BCUT2D eigenvalue weighted by molar-refractivity contribution is 5.90. The van der Waals surface area contributed by atoms with Gasteiger partial charge in [-0.25, -0.2) is 9.48 Å². The number of aromatic nitrogens is 3. The molecular weight excluding hydrogens is 292 g/mol. The minimum atomic E-state index is -0.328. The maximum atomic E-state index is 12.1. The zero-order chi connectivity index (χ0) is 16.4. The Kier molecular flexibility index (Phi) is 3.97. The molecule has 23 heavy (non-hydrogen) atoms. The first kappa shape index (κ1) is 15.0. The first-order valence-corrected chi connectivity index (χ1v) is 7.48. The van der Waals surface area contributed by atoms with E-state index in [1.807, 2.05) is 24.3 Å². The second-order valence-corrected chi connectivity index (χ2v) is 5.69. The molecule has 0 aliphatic rings. The van der Waals surface area contributed by atoms with Crippen LogP contribution in [0.25, 0.3) is 5.65 Å². The molecule has 0 atom stereocenters. The summed E-state index contributed by atoms with van der Waals surface area (Å²) >= 11 is 0. The van der Waals surface area contributed by atoms with E-state index in [-0.39, 0.29) is 18.1 Å². The molecule has 3 rings (SSSR count). The van der Waals surface area contributed by atoms with E-state index in [2.05, 4.69) is 24.3 Å². The lowest BCUT2D eigenvalue weighted by molar-refractivity contribution is -0.117. The van der Waals surface area contributed by atoms with Crippen LogP contribution >= 0.6 is 0 Å². The predicted molar refractivity (Wildman–Crippen MR) is 88.6 cm³/mol. The third kappa shape index (κ3) is 3.15. The highest BCUT2D eigenvalue weighted by atomic mass is 16.2. The van der Waals surface area contributed by atoms with E-state index in [1.165, 1.54) is 9.96 Å². The molecule has 0 saturated heterocycles. The van der Waals surface area contributed by atoms with Crippen LogP contribution in [0, 0.1) is 0 Å². The monoisotopic (exact) mass is 310 g/mol. The number of nitrogens with one attached hydrogen (secondary N) is 1. The van der Waals surface area contributed by atoms with Gasteiger partial charge < -0.3 is 5.32 Å². The molecule has 0 saturated carbocycles. The van der Waals surface area contributed by atoms with Gasteiger partial charge in [-0.1, -0.05) is 32.0 Å². The first-order valence-electron chi connectivity index (χ1n) is 7.48. The molecule has 6 nitrogen and oxygen atoms in total. The van der Waals surface area contributed by atoms with Crippen molar-refractivity contribution in [3.8, 4) is 0 Å². The summed E-state index contributed by atoms with van der Waals surface area (Å²) in [5.41, 5.74) is 2.10. The number of benzene rings is 1. The molecule has 0 fully saturated rings. The summed E-state index contributed by atoms with van der Waals surface area (Å²) < 4.78 is 2.57. The third-order valence-corrected chi connectivity index (χ3v) is 3.64. The average molecular weight is 310 g/mol. The largest absolute Gasteiger partial charge is 0.350 e. The number of amides is 1. The molecule has 0 aliphatic carbocycles. The van der Waals surface area contributed by atoms with Crippen LogP contribution in [0.5, 0.6) is 0 Å². The van der Waals surface area contributed by atoms with E-state index in [0.29, 0.717) is 17.3 Å². The van der Waals surface area contributed by atoms with Gasteiger partial charge in [0, 0.05) is 11.9 Å². The van der Waals surface area contributed by atoms with Crippen LogP contribution < -0.4 is 11.0 Å². The molecule has 2 heterocycles. The van der Waals surface area contributed by atoms with Gasteiger partial charge in [0.1, 0.15) is 6.54 Å². The predicted octanol–water partition coefficient (Wildman–Crippen LogP) is 2.26. The number of hydrogen-bond donors (Lipinski definition) is 1. The number of carbonyl (C=O) groups excluding carboxylic acids is 1. The van der Waals surface area contributed by atoms with Crippen molar-refractivity contribution in [3.63, 3.8) is 0 Å². The summed E-state index contributed by atoms with van der Waals surface area (Å²) in [6.45, 7) is 4.11. The summed E-state index contributed by atoms with van der Waals surface area (Å²) in [5, 5.41) is 6.92. The van der Waals surface area contributed by atoms with Crippen LogP contribution in [0.3, 0.4) is 0 Å². The number of pyridine rings is 1. The van der Waals surface area contributed by atoms with Gasteiger partial charge in [0.25, 0.3) is 0 Å². The minimum Gasteiger partial charge on any atom is -0.324 e. The summed E-state index contributed by atoms with van der Waals surface area (Å²) in [7, 11) is 0. The highest BCUT2D eigenvalue weighted by Crippen LogP contribution is 2.17. The summed E-state index contributed by atoms with van der Waals surface area (Å²) in [4.78, 5) is 24.2. The van der Waals surface area contributed by atoms with Gasteiger partial charge >= 0.3 is 5.69 Å². The van der Waals surface area contributed by atoms with Crippen molar-refractivity contribution in [2.45, 2.75) is 26.3 Å². The number of anilines is 1. The fourth-order valence-electron chi connectivity index (χ4n) is 2.36. The minimum absolute atomic E-state index is 0.119. The lowest BCUT2D eigenvalue weighted by atomic mass is 10.0. The Morgan fingerprint density at radius 1 is 1.17 bits per heavy atom. The fraction of sp³-hybridized carbons (Fsp3) is 0.235. The SMILES string of the molecule is CC(C)c1ccc(NC(=O)Cn2nc3ccccn3c2=O)cc1. The molecule has 0 spiro atoms. The average Bonchev–Trinajstić information content (AvgIpc) is 2.84. The lowest BCUT2D eigenvalue weighted by Gasteiger charge is -2.08. The summed E-state index contributed by atoms with van der Waals surface area (Å²) in [5.74, 6) is 0.157. The Hall–Kier alpha value is -2.89. The van der Waals surface area contributed by atoms with E-state index < -0.39 is 0 Å². The molecule has 0 unspecified atom stereocenters. The van der Waals surface area contributed by atoms with Crippen molar-refractivity contribution in [2.24, 2.45) is 0 Å². The quantitative estimate of drug-likeness (QED) is 0.803. The van der Waals surface area contributed by atoms with Gasteiger partial charge in [-0.15, -0.1) is 5.10 Å². The van der Waals surface area contributed by atoms with Gasteiger partial charge in [0.15, 0.2) is 5.65 Å². The fourth-order valence-corrected chi connectivity index (χ4v) is 2.36. The number of carbonyl (C=O) groups is 1. The zero-order valence-corrected chi connectivity index (χ0v) is 13.1. The lowest BCUT2D eigenvalue weighted by Crippen LogP contribution is -2.28. The molecular formula is C17H18N4O2. The molecule has 0 aliphatic heterocycles. The maximum absolute atomic E-state index is 12.1. The highest BCUT2D eigenvalue weighted by Gasteiger charge is 2.10. The van der Waals surface area contributed by atoms with E-state index >= 15 is 0 Å². The standard InChI is InChI=1S/C17H18N4O2/c1-12(2)13-6-8-14(9-7-13)18-16(22)11-21-17(23)20-10-4-3-5-15(20)19-21/h3-10,12H,11H2,1-2H3,(H,18,22). The molecule has 6 heteroatoms. The number of hydrogen-bond acceptors (Lipinski definition) is 3. The third-order valence-electron chi connectivity index (χ3n) is 3.64. The van der Waals surface area contributed by atoms with E-state index in [9.17, 15) is 9.59 Å². The molecule has 1 N–H and O–H groups in total.